The van der Waals surface area contributed by atoms with Crippen LogP contribution in [-0.2, 0) is 13.1 Å². The van der Waals surface area contributed by atoms with E-state index in [0.717, 1.165) is 6.54 Å². The smallest absolute Gasteiger partial charge is 0.0429 e. The van der Waals surface area contributed by atoms with Crippen molar-refractivity contribution in [2.45, 2.75) is 20.0 Å². The molecule has 2 aromatic rings. The monoisotopic (exact) mass is 240 g/mol. The topological polar surface area (TPSA) is 29.3 Å². The molecule has 0 unspecified atom stereocenters. The highest BCUT2D eigenvalue weighted by Gasteiger charge is 2.06. The van der Waals surface area contributed by atoms with Crippen molar-refractivity contribution >= 4 is 5.69 Å². The standard InChI is InChI=1S/C16H20N2/c1-13-7-3-6-10-16(13)18(2)12-15-9-5-4-8-14(15)11-17/h3-10H,11-12,17H2,1-2H3. The van der Waals surface area contributed by atoms with Crippen LogP contribution < -0.4 is 10.6 Å². The van der Waals surface area contributed by atoms with Gasteiger partial charge in [0.25, 0.3) is 0 Å². The Morgan fingerprint density at radius 3 is 2.22 bits per heavy atom. The van der Waals surface area contributed by atoms with E-state index in [0.29, 0.717) is 6.54 Å². The van der Waals surface area contributed by atoms with Gasteiger partial charge in [-0.3, -0.25) is 0 Å². The third kappa shape index (κ3) is 2.71. The van der Waals surface area contributed by atoms with E-state index in [4.69, 9.17) is 5.73 Å². The summed E-state index contributed by atoms with van der Waals surface area (Å²) in [6.07, 6.45) is 0. The molecule has 0 radical (unpaired) electrons. The maximum absolute atomic E-state index is 5.78. The molecule has 0 aliphatic rings. The average molecular weight is 240 g/mol. The number of benzene rings is 2. The number of nitrogens with two attached hydrogens (primary N) is 1. The summed E-state index contributed by atoms with van der Waals surface area (Å²) in [4.78, 5) is 2.27. The summed E-state index contributed by atoms with van der Waals surface area (Å²) in [7, 11) is 2.12. The Morgan fingerprint density at radius 2 is 1.56 bits per heavy atom. The van der Waals surface area contributed by atoms with Crippen LogP contribution in [0.3, 0.4) is 0 Å². The normalized spacial score (nSPS) is 10.4. The Balaban J connectivity index is 2.21. The number of nitrogens with zero attached hydrogens (tertiary/aromatic N) is 1. The lowest BCUT2D eigenvalue weighted by Gasteiger charge is -2.22. The second-order valence-corrected chi connectivity index (χ2v) is 4.62. The van der Waals surface area contributed by atoms with Crippen molar-refractivity contribution in [3.8, 4) is 0 Å². The fourth-order valence-corrected chi connectivity index (χ4v) is 2.24. The molecule has 0 amide bonds. The van der Waals surface area contributed by atoms with Crippen LogP contribution in [0.1, 0.15) is 16.7 Å². The Hall–Kier alpha value is -1.80. The molecule has 0 aliphatic heterocycles. The molecule has 0 spiro atoms. The maximum Gasteiger partial charge on any atom is 0.0429 e. The molecule has 18 heavy (non-hydrogen) atoms. The van der Waals surface area contributed by atoms with Crippen LogP contribution in [-0.4, -0.2) is 7.05 Å². The SMILES string of the molecule is Cc1ccccc1N(C)Cc1ccccc1CN. The Morgan fingerprint density at radius 1 is 0.944 bits per heavy atom. The van der Waals surface area contributed by atoms with Gasteiger partial charge in [0.2, 0.25) is 0 Å². The first-order valence-corrected chi connectivity index (χ1v) is 6.26. The fourth-order valence-electron chi connectivity index (χ4n) is 2.24. The summed E-state index contributed by atoms with van der Waals surface area (Å²) >= 11 is 0. The van der Waals surface area contributed by atoms with Gasteiger partial charge in [0.1, 0.15) is 0 Å². The largest absolute Gasteiger partial charge is 0.370 e. The summed E-state index contributed by atoms with van der Waals surface area (Å²) in [6.45, 7) is 3.62. The molecule has 0 saturated carbocycles. The van der Waals surface area contributed by atoms with E-state index in [2.05, 4.69) is 61.3 Å². The zero-order valence-corrected chi connectivity index (χ0v) is 11.1. The molecule has 0 aromatic heterocycles. The highest BCUT2D eigenvalue weighted by atomic mass is 15.1. The van der Waals surface area contributed by atoms with E-state index in [1.165, 1.54) is 22.4 Å². The summed E-state index contributed by atoms with van der Waals surface area (Å²) in [5, 5.41) is 0. The highest BCUT2D eigenvalue weighted by Crippen LogP contribution is 2.21. The predicted molar refractivity (Wildman–Crippen MR) is 77.6 cm³/mol. The molecule has 0 aliphatic carbocycles. The van der Waals surface area contributed by atoms with Gasteiger partial charge in [-0.25, -0.2) is 0 Å². The van der Waals surface area contributed by atoms with Crippen molar-refractivity contribution < 1.29 is 0 Å². The van der Waals surface area contributed by atoms with E-state index in [1.807, 2.05) is 6.07 Å². The van der Waals surface area contributed by atoms with Gasteiger partial charge in [-0.15, -0.1) is 0 Å². The first kappa shape index (κ1) is 12.7. The van der Waals surface area contributed by atoms with Crippen LogP contribution in [0.5, 0.6) is 0 Å². The van der Waals surface area contributed by atoms with Gasteiger partial charge in [0, 0.05) is 25.8 Å². The van der Waals surface area contributed by atoms with Gasteiger partial charge in [0.05, 0.1) is 0 Å². The highest BCUT2D eigenvalue weighted by molar-refractivity contribution is 5.52. The van der Waals surface area contributed by atoms with Crippen LogP contribution in [0.25, 0.3) is 0 Å². The van der Waals surface area contributed by atoms with E-state index in [1.54, 1.807) is 0 Å². The number of anilines is 1. The van der Waals surface area contributed by atoms with Crippen molar-refractivity contribution in [3.63, 3.8) is 0 Å². The van der Waals surface area contributed by atoms with Gasteiger partial charge in [-0.2, -0.15) is 0 Å². The molecule has 0 atom stereocenters. The van der Waals surface area contributed by atoms with Crippen LogP contribution in [0.15, 0.2) is 48.5 Å². The third-order valence-electron chi connectivity index (χ3n) is 3.27. The Labute approximate surface area is 109 Å². The molecule has 94 valence electrons. The van der Waals surface area contributed by atoms with Gasteiger partial charge >= 0.3 is 0 Å². The zero-order valence-electron chi connectivity index (χ0n) is 11.1. The number of aryl methyl sites for hydroxylation is 1. The lowest BCUT2D eigenvalue weighted by atomic mass is 10.1. The van der Waals surface area contributed by atoms with Crippen LogP contribution in [0, 0.1) is 6.92 Å². The van der Waals surface area contributed by atoms with E-state index in [-0.39, 0.29) is 0 Å². The first-order valence-electron chi connectivity index (χ1n) is 6.26. The number of para-hydroxylation sites is 1. The second kappa shape index (κ2) is 5.69. The van der Waals surface area contributed by atoms with Crippen LogP contribution in [0.2, 0.25) is 0 Å². The molecule has 0 bridgehead atoms. The lowest BCUT2D eigenvalue weighted by Crippen LogP contribution is -2.18. The molecule has 0 heterocycles. The molecule has 0 fully saturated rings. The Bertz CT molecular complexity index is 520. The first-order chi connectivity index (χ1) is 8.72. The minimum atomic E-state index is 0.595. The van der Waals surface area contributed by atoms with Crippen LogP contribution in [0.4, 0.5) is 5.69 Å². The summed E-state index contributed by atoms with van der Waals surface area (Å²) < 4.78 is 0. The second-order valence-electron chi connectivity index (χ2n) is 4.62. The fraction of sp³-hybridized carbons (Fsp3) is 0.250. The Kier molecular flexibility index (Phi) is 4.00. The van der Waals surface area contributed by atoms with Crippen molar-refractivity contribution in [2.24, 2.45) is 5.73 Å². The quantitative estimate of drug-likeness (QED) is 0.889. The maximum atomic E-state index is 5.78. The summed E-state index contributed by atoms with van der Waals surface area (Å²) in [5.74, 6) is 0. The molecule has 2 nitrogen and oxygen atoms in total. The number of hydrogen-bond acceptors (Lipinski definition) is 2. The van der Waals surface area contributed by atoms with Gasteiger partial charge in [0.15, 0.2) is 0 Å². The zero-order chi connectivity index (χ0) is 13.0. The summed E-state index contributed by atoms with van der Waals surface area (Å²) in [6, 6.07) is 16.8. The molecule has 2 N–H and O–H groups in total. The molecular formula is C16H20N2. The van der Waals surface area contributed by atoms with E-state index in [9.17, 15) is 0 Å². The average Bonchev–Trinajstić information content (AvgIpc) is 2.39. The molecule has 2 heteroatoms. The van der Waals surface area contributed by atoms with Gasteiger partial charge < -0.3 is 10.6 Å². The van der Waals surface area contributed by atoms with Crippen molar-refractivity contribution in [1.29, 1.82) is 0 Å². The number of hydrogen-bond donors (Lipinski definition) is 1. The summed E-state index contributed by atoms with van der Waals surface area (Å²) in [5.41, 5.74) is 10.9. The van der Waals surface area contributed by atoms with E-state index < -0.39 is 0 Å². The lowest BCUT2D eigenvalue weighted by molar-refractivity contribution is 0.891. The minimum absolute atomic E-state index is 0.595. The predicted octanol–water partition coefficient (Wildman–Crippen LogP) is 3.09. The molecule has 2 rings (SSSR count). The number of rotatable bonds is 4. The molecule has 0 saturated heterocycles. The van der Waals surface area contributed by atoms with Crippen molar-refractivity contribution in [3.05, 3.63) is 65.2 Å². The van der Waals surface area contributed by atoms with Crippen LogP contribution >= 0.6 is 0 Å². The van der Waals surface area contributed by atoms with E-state index >= 15 is 0 Å². The van der Waals surface area contributed by atoms with Crippen molar-refractivity contribution in [2.75, 3.05) is 11.9 Å². The third-order valence-corrected chi connectivity index (χ3v) is 3.27. The molecule has 2 aromatic carbocycles. The molecular weight excluding hydrogens is 220 g/mol. The van der Waals surface area contributed by atoms with Gasteiger partial charge in [-0.05, 0) is 29.7 Å². The van der Waals surface area contributed by atoms with Crippen molar-refractivity contribution in [1.82, 2.24) is 0 Å². The minimum Gasteiger partial charge on any atom is -0.370 e. The van der Waals surface area contributed by atoms with Gasteiger partial charge in [-0.1, -0.05) is 42.5 Å².